The second kappa shape index (κ2) is 13.5. The van der Waals surface area contributed by atoms with Crippen LogP contribution >= 0.6 is 0 Å². The van der Waals surface area contributed by atoms with Gasteiger partial charge < -0.3 is 31.3 Å². The molecule has 0 unspecified atom stereocenters. The van der Waals surface area contributed by atoms with Crippen molar-refractivity contribution in [3.8, 4) is 0 Å². The number of nitrogens with one attached hydrogen (secondary N) is 5. The van der Waals surface area contributed by atoms with Crippen molar-refractivity contribution >= 4 is 41.5 Å². The first-order valence-electron chi connectivity index (χ1n) is 10.4. The highest BCUT2D eigenvalue weighted by atomic mass is 16.6. The Morgan fingerprint density at radius 1 is 0.735 bits per heavy atom. The number of nitrogens with zero attached hydrogens (tertiary/aromatic N) is 1. The van der Waals surface area contributed by atoms with E-state index in [9.17, 15) is 33.6 Å². The fourth-order valence-corrected chi connectivity index (χ4v) is 2.36. The largest absolute Gasteiger partial charge is 0.444 e. The summed E-state index contributed by atoms with van der Waals surface area (Å²) in [6.45, 7) is 4.16. The van der Waals surface area contributed by atoms with Gasteiger partial charge in [-0.15, -0.1) is 0 Å². The smallest absolute Gasteiger partial charge is 0.407 e. The van der Waals surface area contributed by atoms with Crippen molar-refractivity contribution < 1.29 is 38.3 Å². The van der Waals surface area contributed by atoms with Gasteiger partial charge in [0.05, 0.1) is 19.6 Å². The number of alkyl carbamates (subject to hydrolysis) is 1. The van der Waals surface area contributed by atoms with Crippen molar-refractivity contribution in [1.29, 1.82) is 0 Å². The molecule has 0 aromatic rings. The molecule has 14 nitrogen and oxygen atoms in total. The van der Waals surface area contributed by atoms with Crippen LogP contribution in [0.15, 0.2) is 12.2 Å². The standard InChI is InChI=1S/C20H30N6O8/c1-20(2,3)34-19(33)22-8-7-21-14(28)10-24-16(30)12-25-15(29)11-23-13(27)6-9-26-17(31)4-5-18(26)32/h4-5H,6-12H2,1-3H3,(H,21,28)(H,22,33)(H,23,27)(H,24,30)(H,25,29). The highest BCUT2D eigenvalue weighted by Gasteiger charge is 2.23. The molecule has 188 valence electrons. The van der Waals surface area contributed by atoms with E-state index in [0.29, 0.717) is 0 Å². The molecule has 0 aromatic heterocycles. The Morgan fingerprint density at radius 3 is 1.68 bits per heavy atom. The Kier molecular flexibility index (Phi) is 11.2. The number of ether oxygens (including phenoxy) is 1. The van der Waals surface area contributed by atoms with Crippen LogP contribution in [0.2, 0.25) is 0 Å². The topological polar surface area (TPSA) is 192 Å². The molecule has 14 heteroatoms. The summed E-state index contributed by atoms with van der Waals surface area (Å²) in [5.41, 5.74) is -0.632. The molecule has 1 aliphatic rings. The fraction of sp³-hybridized carbons (Fsp3) is 0.550. The number of rotatable bonds is 12. The quantitative estimate of drug-likeness (QED) is 0.146. The van der Waals surface area contributed by atoms with Crippen molar-refractivity contribution in [3.05, 3.63) is 12.2 Å². The normalized spacial score (nSPS) is 12.7. The third-order valence-corrected chi connectivity index (χ3v) is 3.92. The summed E-state index contributed by atoms with van der Waals surface area (Å²) < 4.78 is 5.04. The number of amides is 7. The van der Waals surface area contributed by atoms with Gasteiger partial charge >= 0.3 is 6.09 Å². The Hall–Kier alpha value is -3.97. The molecule has 34 heavy (non-hydrogen) atoms. The van der Waals surface area contributed by atoms with Crippen molar-refractivity contribution in [1.82, 2.24) is 31.5 Å². The minimum absolute atomic E-state index is 0.111. The molecule has 1 rings (SSSR count). The molecule has 5 N–H and O–H groups in total. The molecule has 0 aliphatic carbocycles. The van der Waals surface area contributed by atoms with Gasteiger partial charge in [0, 0.05) is 38.2 Å². The van der Waals surface area contributed by atoms with Gasteiger partial charge in [-0.25, -0.2) is 4.79 Å². The van der Waals surface area contributed by atoms with Crippen LogP contribution in [-0.2, 0) is 33.5 Å². The summed E-state index contributed by atoms with van der Waals surface area (Å²) >= 11 is 0. The molecule has 0 saturated heterocycles. The van der Waals surface area contributed by atoms with E-state index < -0.39 is 60.2 Å². The Bertz CT molecular complexity index is 830. The summed E-state index contributed by atoms with van der Waals surface area (Å²) in [5, 5.41) is 11.8. The lowest BCUT2D eigenvalue weighted by atomic mass is 10.2. The van der Waals surface area contributed by atoms with Crippen LogP contribution in [0.4, 0.5) is 4.79 Å². The maximum Gasteiger partial charge on any atom is 0.407 e. The van der Waals surface area contributed by atoms with E-state index in [4.69, 9.17) is 4.74 Å². The molecule has 0 bridgehead atoms. The van der Waals surface area contributed by atoms with Crippen LogP contribution in [-0.4, -0.2) is 91.3 Å². The lowest BCUT2D eigenvalue weighted by Crippen LogP contribution is -2.45. The van der Waals surface area contributed by atoms with Gasteiger partial charge in [-0.3, -0.25) is 33.7 Å². The van der Waals surface area contributed by atoms with E-state index in [1.54, 1.807) is 20.8 Å². The summed E-state index contributed by atoms with van der Waals surface area (Å²) in [7, 11) is 0. The molecule has 0 radical (unpaired) electrons. The molecule has 0 atom stereocenters. The van der Waals surface area contributed by atoms with Crippen LogP contribution in [0.1, 0.15) is 27.2 Å². The van der Waals surface area contributed by atoms with Crippen molar-refractivity contribution in [2.24, 2.45) is 0 Å². The maximum atomic E-state index is 11.7. The van der Waals surface area contributed by atoms with E-state index in [1.807, 2.05) is 0 Å². The second-order valence-corrected chi connectivity index (χ2v) is 8.02. The van der Waals surface area contributed by atoms with Crippen LogP contribution < -0.4 is 26.6 Å². The minimum atomic E-state index is -0.642. The molecule has 0 aromatic carbocycles. The summed E-state index contributed by atoms with van der Waals surface area (Å²) in [6.07, 6.45) is 1.42. The van der Waals surface area contributed by atoms with E-state index >= 15 is 0 Å². The molecule has 0 spiro atoms. The third-order valence-electron chi connectivity index (χ3n) is 3.92. The van der Waals surface area contributed by atoms with Gasteiger partial charge in [0.25, 0.3) is 11.8 Å². The molecule has 7 amide bonds. The Labute approximate surface area is 196 Å². The zero-order valence-corrected chi connectivity index (χ0v) is 19.3. The summed E-state index contributed by atoms with van der Waals surface area (Å²) in [4.78, 5) is 81.9. The van der Waals surface area contributed by atoms with Gasteiger partial charge in [0.1, 0.15) is 5.60 Å². The van der Waals surface area contributed by atoms with E-state index in [1.165, 1.54) is 0 Å². The number of carbonyl (C=O) groups excluding carboxylic acids is 7. The number of imide groups is 1. The average Bonchev–Trinajstić information content (AvgIpc) is 3.06. The lowest BCUT2D eigenvalue weighted by molar-refractivity contribution is -0.137. The predicted molar refractivity (Wildman–Crippen MR) is 117 cm³/mol. The number of hydrogen-bond donors (Lipinski definition) is 5. The van der Waals surface area contributed by atoms with Crippen LogP contribution in [0, 0.1) is 0 Å². The number of hydrogen-bond acceptors (Lipinski definition) is 8. The van der Waals surface area contributed by atoms with E-state index in [2.05, 4.69) is 26.6 Å². The van der Waals surface area contributed by atoms with Crippen molar-refractivity contribution in [2.45, 2.75) is 32.8 Å². The maximum absolute atomic E-state index is 11.7. The average molecular weight is 482 g/mol. The van der Waals surface area contributed by atoms with Crippen LogP contribution in [0.3, 0.4) is 0 Å². The highest BCUT2D eigenvalue weighted by Crippen LogP contribution is 2.06. The first kappa shape index (κ1) is 28.1. The Balaban J connectivity index is 2.09. The number of carbonyl (C=O) groups is 7. The summed E-state index contributed by atoms with van der Waals surface area (Å²) in [5.74, 6) is -3.33. The zero-order valence-electron chi connectivity index (χ0n) is 19.3. The van der Waals surface area contributed by atoms with Gasteiger partial charge in [-0.2, -0.15) is 0 Å². The first-order valence-corrected chi connectivity index (χ1v) is 10.4. The molecule has 1 aliphatic heterocycles. The van der Waals surface area contributed by atoms with Gasteiger partial charge in [-0.05, 0) is 20.8 Å². The van der Waals surface area contributed by atoms with Gasteiger partial charge in [0.15, 0.2) is 0 Å². The molecular weight excluding hydrogens is 452 g/mol. The second-order valence-electron chi connectivity index (χ2n) is 8.02. The molecule has 0 saturated carbocycles. The molecule has 1 heterocycles. The SMILES string of the molecule is CC(C)(C)OC(=O)NCCNC(=O)CNC(=O)CNC(=O)CNC(=O)CCN1C(=O)C=CC1=O. The van der Waals surface area contributed by atoms with Crippen LogP contribution in [0.5, 0.6) is 0 Å². The van der Waals surface area contributed by atoms with Gasteiger partial charge in [-0.1, -0.05) is 0 Å². The zero-order chi connectivity index (χ0) is 25.7. The third kappa shape index (κ3) is 12.2. The molecular formula is C20H30N6O8. The lowest BCUT2D eigenvalue weighted by Gasteiger charge is -2.19. The monoisotopic (exact) mass is 482 g/mol. The highest BCUT2D eigenvalue weighted by molar-refractivity contribution is 6.13. The van der Waals surface area contributed by atoms with Crippen molar-refractivity contribution in [3.63, 3.8) is 0 Å². The first-order chi connectivity index (χ1) is 15.9. The minimum Gasteiger partial charge on any atom is -0.444 e. The van der Waals surface area contributed by atoms with E-state index in [-0.39, 0.29) is 32.6 Å². The van der Waals surface area contributed by atoms with Crippen molar-refractivity contribution in [2.75, 3.05) is 39.3 Å². The predicted octanol–water partition coefficient (Wildman–Crippen LogP) is -2.71. The fourth-order valence-electron chi connectivity index (χ4n) is 2.36. The van der Waals surface area contributed by atoms with E-state index in [0.717, 1.165) is 17.1 Å². The van der Waals surface area contributed by atoms with Crippen LogP contribution in [0.25, 0.3) is 0 Å². The van der Waals surface area contributed by atoms with Gasteiger partial charge in [0.2, 0.25) is 23.6 Å². The summed E-state index contributed by atoms with van der Waals surface area (Å²) in [6, 6.07) is 0. The molecule has 0 fully saturated rings. The Morgan fingerprint density at radius 2 is 1.18 bits per heavy atom.